The number of aliphatic carboxylic acids is 1. The van der Waals surface area contributed by atoms with E-state index in [1.165, 1.54) is 11.8 Å². The molecule has 1 N–H and O–H groups in total. The molecule has 0 aromatic carbocycles. The Labute approximate surface area is 99.3 Å². The van der Waals surface area contributed by atoms with E-state index in [1.54, 1.807) is 13.8 Å². The van der Waals surface area contributed by atoms with Gasteiger partial charge in [-0.05, 0) is 27.2 Å². The molecular weight excluding hydrogens is 226 g/mol. The van der Waals surface area contributed by atoms with E-state index >= 15 is 0 Å². The van der Waals surface area contributed by atoms with Crippen molar-refractivity contribution in [3.8, 4) is 0 Å². The van der Waals surface area contributed by atoms with Crippen LogP contribution in [0.3, 0.4) is 0 Å². The Hall–Kier alpha value is -1.04. The molecule has 6 heteroatoms. The lowest BCUT2D eigenvalue weighted by Crippen LogP contribution is -2.24. The first kappa shape index (κ1) is 13.0. The van der Waals surface area contributed by atoms with Crippen molar-refractivity contribution in [1.29, 1.82) is 0 Å². The van der Waals surface area contributed by atoms with E-state index in [-0.39, 0.29) is 0 Å². The van der Waals surface area contributed by atoms with Crippen molar-refractivity contribution in [2.45, 2.75) is 32.3 Å². The summed E-state index contributed by atoms with van der Waals surface area (Å²) >= 11 is 1.54. The molecule has 0 atom stereocenters. The zero-order valence-corrected chi connectivity index (χ0v) is 10.8. The number of carboxylic acids is 1. The highest BCUT2D eigenvalue weighted by Crippen LogP contribution is 2.25. The van der Waals surface area contributed by atoms with Crippen LogP contribution in [0.5, 0.6) is 0 Å². The summed E-state index contributed by atoms with van der Waals surface area (Å²) in [6.07, 6.45) is 0.610. The first-order valence-electron chi connectivity index (χ1n) is 5.07. The normalized spacial score (nSPS) is 11.8. The summed E-state index contributed by atoms with van der Waals surface area (Å²) in [6, 6.07) is 0. The van der Waals surface area contributed by atoms with Gasteiger partial charge in [-0.25, -0.2) is 0 Å². The monoisotopic (exact) mass is 243 g/mol. The molecule has 0 radical (unpaired) electrons. The molecule has 0 bridgehead atoms. The molecule has 0 fully saturated rings. The molecule has 0 spiro atoms. The lowest BCUT2D eigenvalue weighted by molar-refractivity contribution is -0.146. The fraction of sp³-hybridized carbons (Fsp3) is 0.700. The zero-order chi connectivity index (χ0) is 12.3. The highest BCUT2D eigenvalue weighted by molar-refractivity contribution is 7.99. The third-order valence-electron chi connectivity index (χ3n) is 2.59. The minimum absolute atomic E-state index is 0.610. The Morgan fingerprint density at radius 1 is 1.50 bits per heavy atom. The van der Waals surface area contributed by atoms with Crippen LogP contribution in [0.1, 0.15) is 26.1 Å². The fourth-order valence-corrected chi connectivity index (χ4v) is 2.24. The molecule has 0 aliphatic heterocycles. The molecule has 0 saturated carbocycles. The van der Waals surface area contributed by atoms with Crippen molar-refractivity contribution in [2.24, 2.45) is 12.5 Å². The lowest BCUT2D eigenvalue weighted by Gasteiger charge is -2.17. The van der Waals surface area contributed by atoms with Gasteiger partial charge in [-0.1, -0.05) is 11.8 Å². The van der Waals surface area contributed by atoms with Gasteiger partial charge in [0.2, 0.25) is 0 Å². The van der Waals surface area contributed by atoms with Gasteiger partial charge in [-0.3, -0.25) is 4.79 Å². The Morgan fingerprint density at radius 2 is 2.12 bits per heavy atom. The third kappa shape index (κ3) is 2.98. The van der Waals surface area contributed by atoms with Crippen LogP contribution in [0.25, 0.3) is 0 Å². The summed E-state index contributed by atoms with van der Waals surface area (Å²) in [7, 11) is 1.90. The molecule has 5 nitrogen and oxygen atoms in total. The van der Waals surface area contributed by atoms with Gasteiger partial charge in [0.1, 0.15) is 5.82 Å². The molecule has 0 saturated heterocycles. The summed E-state index contributed by atoms with van der Waals surface area (Å²) in [5, 5.41) is 17.7. The average Bonchev–Trinajstić information content (AvgIpc) is 2.49. The Kier molecular flexibility index (Phi) is 3.96. The molecule has 0 unspecified atom stereocenters. The van der Waals surface area contributed by atoms with Crippen LogP contribution in [-0.4, -0.2) is 31.6 Å². The Bertz CT molecular complexity index is 387. The van der Waals surface area contributed by atoms with Crippen LogP contribution in [-0.2, 0) is 11.8 Å². The van der Waals surface area contributed by atoms with Crippen LogP contribution < -0.4 is 0 Å². The molecule has 16 heavy (non-hydrogen) atoms. The summed E-state index contributed by atoms with van der Waals surface area (Å²) in [5.74, 6) is 0.827. The van der Waals surface area contributed by atoms with Crippen molar-refractivity contribution in [2.75, 3.05) is 5.75 Å². The largest absolute Gasteiger partial charge is 0.481 e. The molecule has 0 amide bonds. The van der Waals surface area contributed by atoms with Crippen LogP contribution in [0.2, 0.25) is 0 Å². The number of rotatable bonds is 5. The van der Waals surface area contributed by atoms with E-state index in [9.17, 15) is 4.79 Å². The SMILES string of the molecule is Cc1nnc(SCCC(C)(C)C(=O)O)n1C. The van der Waals surface area contributed by atoms with Gasteiger partial charge in [-0.2, -0.15) is 0 Å². The maximum Gasteiger partial charge on any atom is 0.309 e. The molecule has 90 valence electrons. The summed E-state index contributed by atoms with van der Waals surface area (Å²) in [6.45, 7) is 5.36. The van der Waals surface area contributed by atoms with E-state index in [0.29, 0.717) is 6.42 Å². The van der Waals surface area contributed by atoms with E-state index in [4.69, 9.17) is 5.11 Å². The van der Waals surface area contributed by atoms with Crippen LogP contribution in [0.4, 0.5) is 0 Å². The van der Waals surface area contributed by atoms with Gasteiger partial charge in [0.15, 0.2) is 5.16 Å². The predicted octanol–water partition coefficient (Wildman–Crippen LogP) is 1.72. The number of hydrogen-bond acceptors (Lipinski definition) is 4. The first-order chi connectivity index (χ1) is 7.34. The van der Waals surface area contributed by atoms with Crippen molar-refractivity contribution < 1.29 is 9.90 Å². The molecule has 0 aliphatic carbocycles. The molecule has 0 aliphatic rings. The average molecular weight is 243 g/mol. The van der Waals surface area contributed by atoms with Gasteiger partial charge in [0.05, 0.1) is 5.41 Å². The molecular formula is C10H17N3O2S. The van der Waals surface area contributed by atoms with Crippen molar-refractivity contribution in [1.82, 2.24) is 14.8 Å². The topological polar surface area (TPSA) is 68.0 Å². The number of hydrogen-bond donors (Lipinski definition) is 1. The number of aryl methyl sites for hydroxylation is 1. The number of carboxylic acid groups (broad SMARTS) is 1. The van der Waals surface area contributed by atoms with E-state index in [2.05, 4.69) is 10.2 Å². The van der Waals surface area contributed by atoms with Crippen LogP contribution >= 0.6 is 11.8 Å². The molecule has 1 aromatic heterocycles. The van der Waals surface area contributed by atoms with Gasteiger partial charge in [0.25, 0.3) is 0 Å². The fourth-order valence-electron chi connectivity index (χ4n) is 1.02. The third-order valence-corrected chi connectivity index (χ3v) is 3.61. The number of carbonyl (C=O) groups is 1. The summed E-state index contributed by atoms with van der Waals surface area (Å²) in [5.41, 5.74) is -0.680. The summed E-state index contributed by atoms with van der Waals surface area (Å²) in [4.78, 5) is 10.9. The van der Waals surface area contributed by atoms with Crippen molar-refractivity contribution in [3.05, 3.63) is 5.82 Å². The predicted molar refractivity (Wildman–Crippen MR) is 62.5 cm³/mol. The lowest BCUT2D eigenvalue weighted by atomic mass is 9.91. The highest BCUT2D eigenvalue weighted by atomic mass is 32.2. The van der Waals surface area contributed by atoms with Crippen molar-refractivity contribution in [3.63, 3.8) is 0 Å². The Balaban J connectivity index is 2.48. The number of nitrogens with zero attached hydrogens (tertiary/aromatic N) is 3. The highest BCUT2D eigenvalue weighted by Gasteiger charge is 2.26. The Morgan fingerprint density at radius 3 is 2.56 bits per heavy atom. The van der Waals surface area contributed by atoms with Gasteiger partial charge >= 0.3 is 5.97 Å². The van der Waals surface area contributed by atoms with Crippen molar-refractivity contribution >= 4 is 17.7 Å². The van der Waals surface area contributed by atoms with Crippen LogP contribution in [0.15, 0.2) is 5.16 Å². The minimum Gasteiger partial charge on any atom is -0.481 e. The maximum atomic E-state index is 10.9. The van der Waals surface area contributed by atoms with E-state index in [1.807, 2.05) is 18.5 Å². The molecule has 1 rings (SSSR count). The standard InChI is InChI=1S/C10H17N3O2S/c1-7-11-12-9(13(7)4)16-6-5-10(2,3)8(14)15/h5-6H2,1-4H3,(H,14,15). The smallest absolute Gasteiger partial charge is 0.309 e. The van der Waals surface area contributed by atoms with Gasteiger partial charge < -0.3 is 9.67 Å². The van der Waals surface area contributed by atoms with Gasteiger partial charge in [0, 0.05) is 12.8 Å². The second-order valence-corrected chi connectivity index (χ2v) is 5.44. The van der Waals surface area contributed by atoms with Crippen LogP contribution in [0, 0.1) is 12.3 Å². The number of thioether (sulfide) groups is 1. The second kappa shape index (κ2) is 4.86. The molecule has 1 aromatic rings. The first-order valence-corrected chi connectivity index (χ1v) is 6.05. The zero-order valence-electron chi connectivity index (χ0n) is 10.0. The maximum absolute atomic E-state index is 10.9. The van der Waals surface area contributed by atoms with E-state index in [0.717, 1.165) is 16.7 Å². The van der Waals surface area contributed by atoms with Gasteiger partial charge in [-0.15, -0.1) is 10.2 Å². The van der Waals surface area contributed by atoms with E-state index < -0.39 is 11.4 Å². The summed E-state index contributed by atoms with van der Waals surface area (Å²) < 4.78 is 1.90. The number of aromatic nitrogens is 3. The molecule has 1 heterocycles. The second-order valence-electron chi connectivity index (χ2n) is 4.38. The minimum atomic E-state index is -0.762. The quantitative estimate of drug-likeness (QED) is 0.797.